The molecule has 1 atom stereocenters. The number of carbonyl (C=O) groups excluding carboxylic acids is 1. The molecule has 1 fully saturated rings. The lowest BCUT2D eigenvalue weighted by Crippen LogP contribution is -2.37. The third-order valence-corrected chi connectivity index (χ3v) is 4.28. The van der Waals surface area contributed by atoms with Crippen LogP contribution in [-0.2, 0) is 11.3 Å². The number of rotatable bonds is 7. The first-order valence-corrected chi connectivity index (χ1v) is 8.45. The van der Waals surface area contributed by atoms with Crippen LogP contribution in [0.4, 0.5) is 0 Å². The van der Waals surface area contributed by atoms with E-state index in [1.54, 1.807) is 7.11 Å². The van der Waals surface area contributed by atoms with Gasteiger partial charge in [-0.05, 0) is 27.1 Å². The van der Waals surface area contributed by atoms with Gasteiger partial charge < -0.3 is 19.7 Å². The van der Waals surface area contributed by atoms with Crippen molar-refractivity contribution in [3.05, 3.63) is 23.8 Å². The topological polar surface area (TPSA) is 54.0 Å². The van der Waals surface area contributed by atoms with E-state index < -0.39 is 0 Å². The molecule has 1 amide bonds. The molecule has 0 unspecified atom stereocenters. The van der Waals surface area contributed by atoms with Crippen LogP contribution in [-0.4, -0.2) is 69.2 Å². The van der Waals surface area contributed by atoms with Crippen molar-refractivity contribution in [1.29, 1.82) is 0 Å². The van der Waals surface area contributed by atoms with Gasteiger partial charge in [0.2, 0.25) is 5.91 Å². The fourth-order valence-corrected chi connectivity index (χ4v) is 2.74. The average Bonchev–Trinajstić information content (AvgIpc) is 2.71. The third kappa shape index (κ3) is 5.11. The molecule has 1 aromatic rings. The van der Waals surface area contributed by atoms with Crippen LogP contribution in [0.3, 0.4) is 0 Å². The lowest BCUT2D eigenvalue weighted by Gasteiger charge is -2.27. The molecule has 6 heteroatoms. The summed E-state index contributed by atoms with van der Waals surface area (Å²) >= 11 is 0. The molecule has 134 valence electrons. The quantitative estimate of drug-likeness (QED) is 0.815. The average molecular weight is 335 g/mol. The monoisotopic (exact) mass is 335 g/mol. The minimum atomic E-state index is 0.123. The second kappa shape index (κ2) is 8.89. The normalized spacial score (nSPS) is 19.0. The summed E-state index contributed by atoms with van der Waals surface area (Å²) in [4.78, 5) is 16.0. The fraction of sp³-hybridized carbons (Fsp3) is 0.611. The Labute approximate surface area is 144 Å². The summed E-state index contributed by atoms with van der Waals surface area (Å²) < 4.78 is 11.5. The van der Waals surface area contributed by atoms with Crippen LogP contribution in [0.25, 0.3) is 0 Å². The molecular formula is C18H29N3O3. The minimum absolute atomic E-state index is 0.123. The number of hydrogen-bond acceptors (Lipinski definition) is 5. The van der Waals surface area contributed by atoms with Crippen LogP contribution >= 0.6 is 0 Å². The van der Waals surface area contributed by atoms with E-state index in [9.17, 15) is 4.79 Å². The van der Waals surface area contributed by atoms with Crippen LogP contribution in [0.1, 0.15) is 18.9 Å². The Kier molecular flexibility index (Phi) is 6.87. The molecule has 2 rings (SSSR count). The predicted molar refractivity (Wildman–Crippen MR) is 94.5 cm³/mol. The first-order chi connectivity index (χ1) is 11.5. The van der Waals surface area contributed by atoms with Crippen LogP contribution in [0.15, 0.2) is 18.2 Å². The Hall–Kier alpha value is -1.79. The van der Waals surface area contributed by atoms with Crippen LogP contribution < -0.4 is 14.8 Å². The summed E-state index contributed by atoms with van der Waals surface area (Å²) in [6.07, 6.45) is 0.533. The molecule has 1 heterocycles. The number of nitrogens with zero attached hydrogens (tertiary/aromatic N) is 2. The van der Waals surface area contributed by atoms with Crippen molar-refractivity contribution in [2.75, 3.05) is 47.4 Å². The smallest absolute Gasteiger partial charge is 0.221 e. The van der Waals surface area contributed by atoms with Gasteiger partial charge in [0.25, 0.3) is 0 Å². The number of amides is 1. The van der Waals surface area contributed by atoms with Crippen LogP contribution in [0, 0.1) is 0 Å². The Balaban J connectivity index is 2.14. The summed E-state index contributed by atoms with van der Waals surface area (Å²) in [5.41, 5.74) is 1.09. The molecule has 6 nitrogen and oxygen atoms in total. The Morgan fingerprint density at radius 3 is 2.88 bits per heavy atom. The molecule has 1 N–H and O–H groups in total. The van der Waals surface area contributed by atoms with Gasteiger partial charge in [-0.15, -0.1) is 0 Å². The second-order valence-electron chi connectivity index (χ2n) is 6.47. The molecule has 0 aromatic heterocycles. The van der Waals surface area contributed by atoms with Gasteiger partial charge in [-0.25, -0.2) is 0 Å². The number of para-hydroxylation sites is 1. The fourth-order valence-electron chi connectivity index (χ4n) is 2.74. The van der Waals surface area contributed by atoms with Gasteiger partial charge in [0.15, 0.2) is 11.5 Å². The van der Waals surface area contributed by atoms with Crippen molar-refractivity contribution in [2.24, 2.45) is 0 Å². The zero-order valence-corrected chi connectivity index (χ0v) is 15.2. The lowest BCUT2D eigenvalue weighted by atomic mass is 10.1. The second-order valence-corrected chi connectivity index (χ2v) is 6.47. The predicted octanol–water partition coefficient (Wildman–Crippen LogP) is 1.35. The van der Waals surface area contributed by atoms with Crippen molar-refractivity contribution < 1.29 is 14.3 Å². The first-order valence-electron chi connectivity index (χ1n) is 8.45. The number of carbonyl (C=O) groups is 1. The maximum absolute atomic E-state index is 11.6. The number of methoxy groups -OCH3 is 1. The van der Waals surface area contributed by atoms with E-state index in [4.69, 9.17) is 9.47 Å². The molecule has 24 heavy (non-hydrogen) atoms. The van der Waals surface area contributed by atoms with E-state index in [-0.39, 0.29) is 11.9 Å². The summed E-state index contributed by atoms with van der Waals surface area (Å²) in [6.45, 7) is 5.76. The third-order valence-electron chi connectivity index (χ3n) is 4.28. The first kappa shape index (κ1) is 18.5. The van der Waals surface area contributed by atoms with Gasteiger partial charge in [-0.3, -0.25) is 9.69 Å². The summed E-state index contributed by atoms with van der Waals surface area (Å²) in [5.74, 6) is 1.68. The number of hydrogen-bond donors (Lipinski definition) is 1. The van der Waals surface area contributed by atoms with Crippen molar-refractivity contribution in [1.82, 2.24) is 15.1 Å². The highest BCUT2D eigenvalue weighted by Crippen LogP contribution is 2.32. The van der Waals surface area contributed by atoms with Crippen molar-refractivity contribution in [2.45, 2.75) is 25.9 Å². The maximum Gasteiger partial charge on any atom is 0.221 e. The number of benzene rings is 1. The van der Waals surface area contributed by atoms with Crippen molar-refractivity contribution in [3.63, 3.8) is 0 Å². The Morgan fingerprint density at radius 2 is 2.17 bits per heavy atom. The zero-order valence-electron chi connectivity index (χ0n) is 15.2. The standard InChI is InChI=1S/C18H29N3O3/c1-14-12-19-17(22)8-9-21(14)13-15-6-5-7-16(23-4)18(15)24-11-10-20(2)3/h5-7,14H,8-13H2,1-4H3,(H,19,22)/t14-/m0/s1. The van der Waals surface area contributed by atoms with E-state index >= 15 is 0 Å². The van der Waals surface area contributed by atoms with Crippen LogP contribution in [0.2, 0.25) is 0 Å². The van der Waals surface area contributed by atoms with Crippen molar-refractivity contribution >= 4 is 5.91 Å². The van der Waals surface area contributed by atoms with Gasteiger partial charge in [0.1, 0.15) is 6.61 Å². The van der Waals surface area contributed by atoms with Gasteiger partial charge in [-0.2, -0.15) is 0 Å². The van der Waals surface area contributed by atoms with Gasteiger partial charge in [0, 0.05) is 44.2 Å². The Morgan fingerprint density at radius 1 is 1.38 bits per heavy atom. The SMILES string of the molecule is COc1cccc(CN2CCC(=O)NC[C@@H]2C)c1OCCN(C)C. The largest absolute Gasteiger partial charge is 0.493 e. The molecule has 0 spiro atoms. The molecule has 1 aromatic carbocycles. The minimum Gasteiger partial charge on any atom is -0.493 e. The molecule has 1 aliphatic rings. The van der Waals surface area contributed by atoms with Gasteiger partial charge in [-0.1, -0.05) is 12.1 Å². The number of likely N-dealkylation sites (N-methyl/N-ethyl adjacent to an activating group) is 1. The molecule has 0 radical (unpaired) electrons. The highest BCUT2D eigenvalue weighted by atomic mass is 16.5. The molecule has 1 saturated heterocycles. The van der Waals surface area contributed by atoms with E-state index in [0.29, 0.717) is 19.6 Å². The van der Waals surface area contributed by atoms with Crippen molar-refractivity contribution in [3.8, 4) is 11.5 Å². The van der Waals surface area contributed by atoms with E-state index in [1.807, 2.05) is 26.2 Å². The summed E-state index contributed by atoms with van der Waals surface area (Å²) in [7, 11) is 5.71. The number of nitrogens with one attached hydrogen (secondary N) is 1. The van der Waals surface area contributed by atoms with Gasteiger partial charge >= 0.3 is 0 Å². The molecule has 0 aliphatic carbocycles. The van der Waals surface area contributed by atoms with Gasteiger partial charge in [0.05, 0.1) is 7.11 Å². The number of ether oxygens (including phenoxy) is 2. The highest BCUT2D eigenvalue weighted by molar-refractivity contribution is 5.76. The van der Waals surface area contributed by atoms with E-state index in [0.717, 1.165) is 36.7 Å². The molecule has 1 aliphatic heterocycles. The molecule has 0 bridgehead atoms. The maximum atomic E-state index is 11.6. The molecule has 0 saturated carbocycles. The lowest BCUT2D eigenvalue weighted by molar-refractivity contribution is -0.120. The molecular weight excluding hydrogens is 306 g/mol. The summed E-state index contributed by atoms with van der Waals surface area (Å²) in [6, 6.07) is 6.27. The zero-order chi connectivity index (χ0) is 17.5. The Bertz CT molecular complexity index is 548. The van der Waals surface area contributed by atoms with E-state index in [1.165, 1.54) is 0 Å². The van der Waals surface area contributed by atoms with Crippen LogP contribution in [0.5, 0.6) is 11.5 Å². The van der Waals surface area contributed by atoms with E-state index in [2.05, 4.69) is 28.1 Å². The highest BCUT2D eigenvalue weighted by Gasteiger charge is 2.22. The summed E-state index contributed by atoms with van der Waals surface area (Å²) in [5, 5.41) is 2.95.